The SMILES string of the molecule is CC(C)C[C@H](NC(=O)CNC(=O)[C@H](CCCCN)NC(=O)C1CC1Cc1ccccc1)C(N)=O. The summed E-state index contributed by atoms with van der Waals surface area (Å²) >= 11 is 0. The molecule has 0 aliphatic heterocycles. The van der Waals surface area contributed by atoms with Crippen LogP contribution in [0.4, 0.5) is 0 Å². The van der Waals surface area contributed by atoms with Gasteiger partial charge in [-0.3, -0.25) is 19.2 Å². The van der Waals surface area contributed by atoms with Crippen molar-refractivity contribution in [2.45, 2.75) is 64.5 Å². The van der Waals surface area contributed by atoms with E-state index < -0.39 is 29.8 Å². The minimum atomic E-state index is -0.791. The average Bonchev–Trinajstić information content (AvgIpc) is 3.56. The number of amides is 4. The largest absolute Gasteiger partial charge is 0.368 e. The molecule has 188 valence electrons. The van der Waals surface area contributed by atoms with Gasteiger partial charge in [0.1, 0.15) is 12.1 Å². The van der Waals surface area contributed by atoms with Crippen LogP contribution in [-0.4, -0.2) is 48.8 Å². The zero-order chi connectivity index (χ0) is 25.1. The van der Waals surface area contributed by atoms with E-state index in [1.807, 2.05) is 44.2 Å². The maximum atomic E-state index is 12.8. The third-order valence-electron chi connectivity index (χ3n) is 5.99. The molecule has 0 saturated heterocycles. The summed E-state index contributed by atoms with van der Waals surface area (Å²) in [7, 11) is 0. The summed E-state index contributed by atoms with van der Waals surface area (Å²) in [6, 6.07) is 8.48. The molecule has 2 rings (SSSR count). The van der Waals surface area contributed by atoms with Crippen LogP contribution >= 0.6 is 0 Å². The molecular weight excluding hydrogens is 434 g/mol. The Morgan fingerprint density at radius 3 is 2.35 bits per heavy atom. The minimum absolute atomic E-state index is 0.110. The van der Waals surface area contributed by atoms with Crippen molar-refractivity contribution in [2.24, 2.45) is 29.2 Å². The fraction of sp³-hybridized carbons (Fsp3) is 0.600. The van der Waals surface area contributed by atoms with E-state index in [0.717, 1.165) is 19.3 Å². The maximum absolute atomic E-state index is 12.8. The van der Waals surface area contributed by atoms with Gasteiger partial charge in [-0.2, -0.15) is 0 Å². The van der Waals surface area contributed by atoms with Gasteiger partial charge in [-0.1, -0.05) is 44.2 Å². The Labute approximate surface area is 201 Å². The fourth-order valence-corrected chi connectivity index (χ4v) is 4.01. The van der Waals surface area contributed by atoms with Crippen LogP contribution in [0.5, 0.6) is 0 Å². The van der Waals surface area contributed by atoms with Crippen LogP contribution < -0.4 is 27.4 Å². The number of benzene rings is 1. The molecule has 7 N–H and O–H groups in total. The predicted octanol–water partition coefficient (Wildman–Crippen LogP) is 0.611. The van der Waals surface area contributed by atoms with Crippen LogP contribution in [0.1, 0.15) is 51.5 Å². The van der Waals surface area contributed by atoms with Crippen molar-refractivity contribution in [3.8, 4) is 0 Å². The van der Waals surface area contributed by atoms with Gasteiger partial charge in [-0.05, 0) is 62.5 Å². The highest BCUT2D eigenvalue weighted by molar-refractivity contribution is 5.93. The van der Waals surface area contributed by atoms with E-state index in [1.54, 1.807) is 0 Å². The minimum Gasteiger partial charge on any atom is -0.368 e. The summed E-state index contributed by atoms with van der Waals surface area (Å²) in [6.45, 7) is 4.03. The van der Waals surface area contributed by atoms with Crippen molar-refractivity contribution < 1.29 is 19.2 Å². The second kappa shape index (κ2) is 13.7. The fourth-order valence-electron chi connectivity index (χ4n) is 4.01. The first kappa shape index (κ1) is 27.3. The van der Waals surface area contributed by atoms with Gasteiger partial charge in [0, 0.05) is 5.92 Å². The molecule has 1 aliphatic carbocycles. The lowest BCUT2D eigenvalue weighted by atomic mass is 10.0. The molecule has 0 spiro atoms. The van der Waals surface area contributed by atoms with E-state index in [9.17, 15) is 19.2 Å². The van der Waals surface area contributed by atoms with Gasteiger partial charge in [-0.15, -0.1) is 0 Å². The second-order valence-electron chi connectivity index (χ2n) is 9.51. The Kier molecular flexibility index (Phi) is 11.0. The molecule has 1 aromatic rings. The molecule has 0 bridgehead atoms. The molecule has 4 amide bonds. The number of hydrogen-bond acceptors (Lipinski definition) is 5. The van der Waals surface area contributed by atoms with Crippen LogP contribution in [0.3, 0.4) is 0 Å². The van der Waals surface area contributed by atoms with Crippen molar-refractivity contribution in [3.05, 3.63) is 35.9 Å². The van der Waals surface area contributed by atoms with Crippen LogP contribution in [0.2, 0.25) is 0 Å². The quantitative estimate of drug-likeness (QED) is 0.236. The highest BCUT2D eigenvalue weighted by Crippen LogP contribution is 2.41. The van der Waals surface area contributed by atoms with Crippen molar-refractivity contribution in [1.82, 2.24) is 16.0 Å². The van der Waals surface area contributed by atoms with Crippen LogP contribution in [0, 0.1) is 17.8 Å². The predicted molar refractivity (Wildman–Crippen MR) is 130 cm³/mol. The molecule has 1 saturated carbocycles. The molecule has 1 aliphatic rings. The number of nitrogens with two attached hydrogens (primary N) is 2. The maximum Gasteiger partial charge on any atom is 0.243 e. The highest BCUT2D eigenvalue weighted by Gasteiger charge is 2.43. The zero-order valence-corrected chi connectivity index (χ0v) is 20.2. The molecular formula is C25H39N5O4. The van der Waals surface area contributed by atoms with E-state index in [0.29, 0.717) is 25.8 Å². The third-order valence-corrected chi connectivity index (χ3v) is 5.99. The van der Waals surface area contributed by atoms with Gasteiger partial charge >= 0.3 is 0 Å². The standard InChI is InChI=1S/C25H39N5O4/c1-16(2)12-21(23(27)32)29-22(31)15-28-25(34)20(10-6-7-11-26)30-24(33)19-14-18(19)13-17-8-4-3-5-9-17/h3-5,8-9,16,18-21H,6-7,10-15,26H2,1-2H3,(H2,27,32)(H,28,34)(H,29,31)(H,30,33)/t18?,19?,20-,21-/m0/s1. The Morgan fingerprint density at radius 2 is 1.74 bits per heavy atom. The van der Waals surface area contributed by atoms with Gasteiger partial charge in [0.15, 0.2) is 0 Å². The van der Waals surface area contributed by atoms with Gasteiger partial charge in [0.2, 0.25) is 23.6 Å². The molecule has 0 radical (unpaired) electrons. The van der Waals surface area contributed by atoms with Crippen LogP contribution in [0.15, 0.2) is 30.3 Å². The Morgan fingerprint density at radius 1 is 1.03 bits per heavy atom. The van der Waals surface area contributed by atoms with Crippen LogP contribution in [0.25, 0.3) is 0 Å². The molecule has 9 nitrogen and oxygen atoms in total. The summed E-state index contributed by atoms with van der Waals surface area (Å²) in [5.74, 6) is -1.36. The summed E-state index contributed by atoms with van der Waals surface area (Å²) in [6.07, 6.45) is 3.89. The lowest BCUT2D eigenvalue weighted by Gasteiger charge is -2.20. The molecule has 1 fully saturated rings. The van der Waals surface area contributed by atoms with Gasteiger partial charge < -0.3 is 27.4 Å². The number of nitrogens with one attached hydrogen (secondary N) is 3. The molecule has 1 aromatic carbocycles. The van der Waals surface area contributed by atoms with E-state index in [-0.39, 0.29) is 30.2 Å². The first-order chi connectivity index (χ1) is 16.2. The van der Waals surface area contributed by atoms with Crippen molar-refractivity contribution in [1.29, 1.82) is 0 Å². The zero-order valence-electron chi connectivity index (χ0n) is 20.2. The van der Waals surface area contributed by atoms with E-state index in [2.05, 4.69) is 16.0 Å². The lowest BCUT2D eigenvalue weighted by molar-refractivity contribution is -0.131. The normalized spacial score (nSPS) is 18.6. The Hall–Kier alpha value is -2.94. The lowest BCUT2D eigenvalue weighted by Crippen LogP contribution is -2.52. The van der Waals surface area contributed by atoms with Crippen molar-refractivity contribution in [3.63, 3.8) is 0 Å². The Bertz CT molecular complexity index is 830. The van der Waals surface area contributed by atoms with Gasteiger partial charge in [-0.25, -0.2) is 0 Å². The first-order valence-corrected chi connectivity index (χ1v) is 12.1. The number of carbonyl (C=O) groups is 4. The van der Waals surface area contributed by atoms with Crippen LogP contribution in [-0.2, 0) is 25.6 Å². The Balaban J connectivity index is 1.86. The van der Waals surface area contributed by atoms with Gasteiger partial charge in [0.25, 0.3) is 0 Å². The topological polar surface area (TPSA) is 156 Å². The van der Waals surface area contributed by atoms with Crippen molar-refractivity contribution in [2.75, 3.05) is 13.1 Å². The van der Waals surface area contributed by atoms with E-state index >= 15 is 0 Å². The summed E-state index contributed by atoms with van der Waals surface area (Å²) in [4.78, 5) is 49.3. The number of carbonyl (C=O) groups excluding carboxylic acids is 4. The average molecular weight is 474 g/mol. The molecule has 9 heteroatoms. The highest BCUT2D eigenvalue weighted by atomic mass is 16.2. The second-order valence-corrected chi connectivity index (χ2v) is 9.51. The number of hydrogen-bond donors (Lipinski definition) is 5. The smallest absolute Gasteiger partial charge is 0.243 e. The van der Waals surface area contributed by atoms with Crippen molar-refractivity contribution >= 4 is 23.6 Å². The summed E-state index contributed by atoms with van der Waals surface area (Å²) in [5.41, 5.74) is 12.1. The molecule has 0 aromatic heterocycles. The van der Waals surface area contributed by atoms with E-state index in [4.69, 9.17) is 11.5 Å². The van der Waals surface area contributed by atoms with Gasteiger partial charge in [0.05, 0.1) is 6.54 Å². The molecule has 34 heavy (non-hydrogen) atoms. The van der Waals surface area contributed by atoms with E-state index in [1.165, 1.54) is 5.56 Å². The first-order valence-electron chi connectivity index (χ1n) is 12.1. The summed E-state index contributed by atoms with van der Waals surface area (Å²) < 4.78 is 0. The number of unbranched alkanes of at least 4 members (excludes halogenated alkanes) is 1. The molecule has 4 atom stereocenters. The molecule has 2 unspecified atom stereocenters. The number of primary amides is 1. The third kappa shape index (κ3) is 9.51. The monoisotopic (exact) mass is 473 g/mol. The molecule has 0 heterocycles. The number of rotatable bonds is 15. The summed E-state index contributed by atoms with van der Waals surface area (Å²) in [5, 5.41) is 8.00.